The summed E-state index contributed by atoms with van der Waals surface area (Å²) in [7, 11) is 1.79. The van der Waals surface area contributed by atoms with Gasteiger partial charge in [0.05, 0.1) is 18.5 Å². The lowest BCUT2D eigenvalue weighted by atomic mass is 9.46. The van der Waals surface area contributed by atoms with Crippen molar-refractivity contribution in [3.05, 3.63) is 23.5 Å². The zero-order valence-corrected chi connectivity index (χ0v) is 17.0. The molecule has 0 aromatic carbocycles. The Balaban J connectivity index is 1.50. The quantitative estimate of drug-likeness (QED) is 0.733. The van der Waals surface area contributed by atoms with Crippen LogP contribution < -0.4 is 0 Å². The zero-order chi connectivity index (χ0) is 19.0. The maximum atomic E-state index is 11.7. The number of ether oxygens (including phenoxy) is 1. The third-order valence-corrected chi connectivity index (χ3v) is 9.79. The number of aliphatic hydroxyl groups is 1. The molecule has 3 fully saturated rings. The van der Waals surface area contributed by atoms with E-state index in [9.17, 15) is 9.90 Å². The van der Waals surface area contributed by atoms with Crippen LogP contribution in [0.4, 0.5) is 0 Å². The summed E-state index contributed by atoms with van der Waals surface area (Å²) in [5.74, 6) is 4.29. The Morgan fingerprint density at radius 2 is 2.07 bits per heavy atom. The number of hydrogen-bond acceptors (Lipinski definition) is 3. The molecule has 1 N–H and O–H groups in total. The van der Waals surface area contributed by atoms with Gasteiger partial charge < -0.3 is 14.6 Å². The SMILES string of the molecule is COC1=CC2=CC[C@H]3[C@@H]4[C@H]5C[C@@H]5[C@@](O)(CCC=O)[C@@]4(C)CC[C@@H]3[C@@]2(C)CC1. The molecule has 0 aliphatic heterocycles. The van der Waals surface area contributed by atoms with Gasteiger partial charge in [-0.1, -0.05) is 19.9 Å². The highest BCUT2D eigenvalue weighted by Crippen LogP contribution is 2.77. The molecule has 0 spiro atoms. The molecule has 0 aromatic rings. The first-order valence-electron chi connectivity index (χ1n) is 11.0. The molecule has 5 aliphatic carbocycles. The largest absolute Gasteiger partial charge is 0.501 e. The Hall–Kier alpha value is -1.09. The summed E-state index contributed by atoms with van der Waals surface area (Å²) in [4.78, 5) is 11.0. The highest BCUT2D eigenvalue weighted by Gasteiger charge is 2.75. The van der Waals surface area contributed by atoms with Gasteiger partial charge >= 0.3 is 0 Å². The van der Waals surface area contributed by atoms with Crippen molar-refractivity contribution in [1.29, 1.82) is 0 Å². The third kappa shape index (κ3) is 2.15. The Labute approximate surface area is 163 Å². The summed E-state index contributed by atoms with van der Waals surface area (Å²) in [6.07, 6.45) is 13.9. The molecule has 3 nitrogen and oxygen atoms in total. The van der Waals surface area contributed by atoms with Crippen molar-refractivity contribution in [2.24, 2.45) is 40.4 Å². The summed E-state index contributed by atoms with van der Waals surface area (Å²) in [6, 6.07) is 0. The first-order valence-corrected chi connectivity index (χ1v) is 11.0. The van der Waals surface area contributed by atoms with E-state index in [0.29, 0.717) is 36.5 Å². The smallest absolute Gasteiger partial charge is 0.120 e. The maximum absolute atomic E-state index is 11.7. The van der Waals surface area contributed by atoms with Gasteiger partial charge in [-0.15, -0.1) is 0 Å². The molecular weight excluding hydrogens is 336 g/mol. The minimum atomic E-state index is -0.616. The van der Waals surface area contributed by atoms with Crippen molar-refractivity contribution in [2.45, 2.75) is 70.8 Å². The van der Waals surface area contributed by atoms with E-state index in [4.69, 9.17) is 4.74 Å². The number of carbonyl (C=O) groups is 1. The predicted molar refractivity (Wildman–Crippen MR) is 105 cm³/mol. The molecule has 8 atom stereocenters. The van der Waals surface area contributed by atoms with Gasteiger partial charge in [-0.05, 0) is 90.6 Å². The number of aldehydes is 1. The summed E-state index contributed by atoms with van der Waals surface area (Å²) in [5, 5.41) is 11.7. The van der Waals surface area contributed by atoms with Gasteiger partial charge in [0.2, 0.25) is 0 Å². The molecule has 0 heterocycles. The van der Waals surface area contributed by atoms with Crippen molar-refractivity contribution < 1.29 is 14.6 Å². The summed E-state index contributed by atoms with van der Waals surface area (Å²) in [6.45, 7) is 4.84. The Morgan fingerprint density at radius 1 is 1.26 bits per heavy atom. The number of hydrogen-bond donors (Lipinski definition) is 1. The van der Waals surface area contributed by atoms with E-state index in [1.54, 1.807) is 7.11 Å². The molecule has 0 aromatic heterocycles. The van der Waals surface area contributed by atoms with Crippen molar-refractivity contribution in [1.82, 2.24) is 0 Å². The van der Waals surface area contributed by atoms with Crippen molar-refractivity contribution in [2.75, 3.05) is 7.11 Å². The Morgan fingerprint density at radius 3 is 2.81 bits per heavy atom. The van der Waals surface area contributed by atoms with Crippen LogP contribution in [0.1, 0.15) is 65.2 Å². The summed E-state index contributed by atoms with van der Waals surface area (Å²) in [5.41, 5.74) is 1.14. The fourth-order valence-electron chi connectivity index (χ4n) is 8.34. The van der Waals surface area contributed by atoms with E-state index in [0.717, 1.165) is 37.2 Å². The van der Waals surface area contributed by atoms with E-state index in [2.05, 4.69) is 26.0 Å². The third-order valence-electron chi connectivity index (χ3n) is 9.79. The maximum Gasteiger partial charge on any atom is 0.120 e. The molecule has 3 heteroatoms. The Bertz CT molecular complexity index is 723. The van der Waals surface area contributed by atoms with Gasteiger partial charge in [0.15, 0.2) is 0 Å². The minimum absolute atomic E-state index is 0.00530. The van der Waals surface area contributed by atoms with Crippen molar-refractivity contribution >= 4 is 6.29 Å². The second kappa shape index (κ2) is 5.72. The van der Waals surface area contributed by atoms with E-state index in [1.165, 1.54) is 24.8 Å². The Kier molecular flexibility index (Phi) is 3.81. The standard InChI is InChI=1S/C24H34O3/c1-22-10-7-16(27-3)13-15(22)5-6-17-19(22)8-11-23(2)21(17)18-14-20(18)24(23,26)9-4-12-25/h5,12-13,17-21,26H,4,6-11,14H2,1-3H3/t17-,18+,19+,20+,21-,22+,23+,24+/m1/s1. The van der Waals surface area contributed by atoms with Crippen molar-refractivity contribution in [3.63, 3.8) is 0 Å². The fraction of sp³-hybridized carbons (Fsp3) is 0.792. The molecular formula is C24H34O3. The van der Waals surface area contributed by atoms with Gasteiger partial charge in [0, 0.05) is 12.8 Å². The molecule has 0 amide bonds. The van der Waals surface area contributed by atoms with E-state index in [1.807, 2.05) is 0 Å². The number of methoxy groups -OCH3 is 1. The van der Waals surface area contributed by atoms with E-state index >= 15 is 0 Å². The van der Waals surface area contributed by atoms with Gasteiger partial charge in [-0.3, -0.25) is 0 Å². The predicted octanol–water partition coefficient (Wildman–Crippen LogP) is 4.66. The normalized spacial score (nSPS) is 52.5. The lowest BCUT2D eigenvalue weighted by Gasteiger charge is -2.59. The topological polar surface area (TPSA) is 46.5 Å². The van der Waals surface area contributed by atoms with E-state index in [-0.39, 0.29) is 10.8 Å². The number of fused-ring (bicyclic) bond motifs is 7. The van der Waals surface area contributed by atoms with Gasteiger partial charge in [-0.25, -0.2) is 0 Å². The first kappa shape index (κ1) is 18.0. The molecule has 0 unspecified atom stereocenters. The first-order chi connectivity index (χ1) is 12.9. The fourth-order valence-corrected chi connectivity index (χ4v) is 8.34. The highest BCUT2D eigenvalue weighted by atomic mass is 16.5. The average Bonchev–Trinajstić information content (AvgIpc) is 3.42. The van der Waals surface area contributed by atoms with Crippen LogP contribution in [0.5, 0.6) is 0 Å². The van der Waals surface area contributed by atoms with Crippen LogP contribution in [0.3, 0.4) is 0 Å². The van der Waals surface area contributed by atoms with Crippen LogP contribution in [0.25, 0.3) is 0 Å². The van der Waals surface area contributed by atoms with Gasteiger partial charge in [-0.2, -0.15) is 0 Å². The van der Waals surface area contributed by atoms with Crippen LogP contribution in [0, 0.1) is 40.4 Å². The van der Waals surface area contributed by atoms with Crippen LogP contribution in [-0.4, -0.2) is 24.1 Å². The van der Waals surface area contributed by atoms with Crippen LogP contribution in [-0.2, 0) is 9.53 Å². The summed E-state index contributed by atoms with van der Waals surface area (Å²) >= 11 is 0. The molecule has 0 bridgehead atoms. The highest BCUT2D eigenvalue weighted by molar-refractivity contribution is 5.49. The second-order valence-corrected chi connectivity index (χ2v) is 10.5. The lowest BCUT2D eigenvalue weighted by Crippen LogP contribution is -2.56. The minimum Gasteiger partial charge on any atom is -0.501 e. The second-order valence-electron chi connectivity index (χ2n) is 10.5. The van der Waals surface area contributed by atoms with Gasteiger partial charge in [0.25, 0.3) is 0 Å². The van der Waals surface area contributed by atoms with Crippen LogP contribution >= 0.6 is 0 Å². The number of rotatable bonds is 4. The molecule has 27 heavy (non-hydrogen) atoms. The van der Waals surface area contributed by atoms with Gasteiger partial charge in [0.1, 0.15) is 6.29 Å². The molecule has 5 aliphatic rings. The summed E-state index contributed by atoms with van der Waals surface area (Å²) < 4.78 is 5.55. The van der Waals surface area contributed by atoms with Crippen LogP contribution in [0.15, 0.2) is 23.5 Å². The molecule has 5 rings (SSSR count). The molecule has 0 saturated heterocycles. The molecule has 0 radical (unpaired) electrons. The number of allylic oxidation sites excluding steroid dienone is 4. The van der Waals surface area contributed by atoms with Crippen LogP contribution in [0.2, 0.25) is 0 Å². The number of carbonyl (C=O) groups excluding carboxylic acids is 1. The average molecular weight is 371 g/mol. The van der Waals surface area contributed by atoms with E-state index < -0.39 is 5.60 Å². The molecule has 148 valence electrons. The zero-order valence-electron chi connectivity index (χ0n) is 17.0. The molecule has 3 saturated carbocycles. The van der Waals surface area contributed by atoms with Crippen molar-refractivity contribution in [3.8, 4) is 0 Å². The monoisotopic (exact) mass is 370 g/mol. The lowest BCUT2D eigenvalue weighted by molar-refractivity contribution is -0.148.